The fourth-order valence-electron chi connectivity index (χ4n) is 2.64. The summed E-state index contributed by atoms with van der Waals surface area (Å²) in [6.45, 7) is 2.87. The van der Waals surface area contributed by atoms with Crippen LogP contribution in [0.5, 0.6) is 0 Å². The molecule has 0 spiro atoms. The summed E-state index contributed by atoms with van der Waals surface area (Å²) in [6.07, 6.45) is 3.84. The molecule has 19 heavy (non-hydrogen) atoms. The summed E-state index contributed by atoms with van der Waals surface area (Å²) >= 11 is 3.47. The number of hydrogen-bond acceptors (Lipinski definition) is 5. The van der Waals surface area contributed by atoms with Gasteiger partial charge in [0.25, 0.3) is 0 Å². The largest absolute Gasteiger partial charge is 0.329 e. The van der Waals surface area contributed by atoms with Gasteiger partial charge in [0.1, 0.15) is 5.01 Å². The SMILES string of the molecule is NCC1CCCCN1Cc1csc(-c2ccsc2)n1. The minimum Gasteiger partial charge on any atom is -0.329 e. The lowest BCUT2D eigenvalue weighted by Crippen LogP contribution is -2.43. The van der Waals surface area contributed by atoms with Crippen molar-refractivity contribution in [2.75, 3.05) is 13.1 Å². The van der Waals surface area contributed by atoms with Crippen molar-refractivity contribution in [2.45, 2.75) is 31.8 Å². The average Bonchev–Trinajstić information content (AvgIpc) is 3.09. The highest BCUT2D eigenvalue weighted by molar-refractivity contribution is 7.14. The highest BCUT2D eigenvalue weighted by Gasteiger charge is 2.21. The molecule has 1 unspecified atom stereocenters. The lowest BCUT2D eigenvalue weighted by molar-refractivity contribution is 0.143. The summed E-state index contributed by atoms with van der Waals surface area (Å²) in [6, 6.07) is 2.68. The third kappa shape index (κ3) is 3.05. The molecule has 0 aromatic carbocycles. The third-order valence-electron chi connectivity index (χ3n) is 3.71. The number of likely N-dealkylation sites (tertiary alicyclic amines) is 1. The summed E-state index contributed by atoms with van der Waals surface area (Å²) in [5.41, 5.74) is 8.30. The van der Waals surface area contributed by atoms with Crippen molar-refractivity contribution in [1.82, 2.24) is 9.88 Å². The zero-order valence-corrected chi connectivity index (χ0v) is 12.6. The van der Waals surface area contributed by atoms with Crippen LogP contribution in [0.25, 0.3) is 10.6 Å². The standard InChI is InChI=1S/C14H19N3S2/c15-7-13-3-1-2-5-17(13)8-12-10-19-14(16-12)11-4-6-18-9-11/h4,6,9-10,13H,1-3,5,7-8,15H2. The van der Waals surface area contributed by atoms with Crippen molar-refractivity contribution in [1.29, 1.82) is 0 Å². The molecule has 2 aromatic heterocycles. The molecule has 2 aromatic rings. The Morgan fingerprint density at radius 2 is 2.32 bits per heavy atom. The average molecular weight is 293 g/mol. The van der Waals surface area contributed by atoms with Gasteiger partial charge >= 0.3 is 0 Å². The summed E-state index contributed by atoms with van der Waals surface area (Å²) in [7, 11) is 0. The van der Waals surface area contributed by atoms with Gasteiger partial charge in [-0.25, -0.2) is 4.98 Å². The van der Waals surface area contributed by atoms with E-state index in [9.17, 15) is 0 Å². The molecule has 0 amide bonds. The minimum atomic E-state index is 0.542. The predicted octanol–water partition coefficient (Wildman–Crippen LogP) is 3.18. The molecule has 3 rings (SSSR count). The van der Waals surface area contributed by atoms with Crippen LogP contribution in [0.15, 0.2) is 22.2 Å². The lowest BCUT2D eigenvalue weighted by atomic mass is 10.0. The maximum atomic E-state index is 5.87. The van der Waals surface area contributed by atoms with Gasteiger partial charge in [0.15, 0.2) is 0 Å². The smallest absolute Gasteiger partial charge is 0.124 e. The quantitative estimate of drug-likeness (QED) is 0.941. The number of aromatic nitrogens is 1. The first-order chi connectivity index (χ1) is 9.36. The van der Waals surface area contributed by atoms with Crippen molar-refractivity contribution in [3.8, 4) is 10.6 Å². The molecule has 1 atom stereocenters. The highest BCUT2D eigenvalue weighted by Crippen LogP contribution is 2.27. The first kappa shape index (κ1) is 13.2. The van der Waals surface area contributed by atoms with Crippen molar-refractivity contribution < 1.29 is 0 Å². The Labute approximate surface area is 122 Å². The van der Waals surface area contributed by atoms with E-state index >= 15 is 0 Å². The monoisotopic (exact) mass is 293 g/mol. The van der Waals surface area contributed by atoms with E-state index in [1.165, 1.54) is 30.5 Å². The van der Waals surface area contributed by atoms with Gasteiger partial charge in [-0.05, 0) is 30.8 Å². The van der Waals surface area contributed by atoms with Crippen LogP contribution in [0.1, 0.15) is 25.0 Å². The number of thiophene rings is 1. The summed E-state index contributed by atoms with van der Waals surface area (Å²) in [4.78, 5) is 7.25. The molecule has 1 aliphatic heterocycles. The minimum absolute atomic E-state index is 0.542. The van der Waals surface area contributed by atoms with E-state index in [2.05, 4.69) is 27.1 Å². The zero-order chi connectivity index (χ0) is 13.1. The fraction of sp³-hybridized carbons (Fsp3) is 0.500. The summed E-state index contributed by atoms with van der Waals surface area (Å²) in [5, 5.41) is 7.59. The molecule has 0 saturated carbocycles. The topological polar surface area (TPSA) is 42.1 Å². The molecule has 1 aliphatic rings. The molecule has 3 heterocycles. The van der Waals surface area contributed by atoms with Crippen LogP contribution in [0.2, 0.25) is 0 Å². The van der Waals surface area contributed by atoms with E-state index in [0.717, 1.165) is 24.6 Å². The first-order valence-electron chi connectivity index (χ1n) is 6.78. The van der Waals surface area contributed by atoms with E-state index in [1.54, 1.807) is 22.7 Å². The van der Waals surface area contributed by atoms with Crippen LogP contribution < -0.4 is 5.73 Å². The lowest BCUT2D eigenvalue weighted by Gasteiger charge is -2.34. The Morgan fingerprint density at radius 3 is 3.11 bits per heavy atom. The second-order valence-corrected chi connectivity index (χ2v) is 6.65. The fourth-order valence-corrected chi connectivity index (χ4v) is 4.16. The molecule has 0 bridgehead atoms. The molecule has 102 valence electrons. The molecule has 1 saturated heterocycles. The normalized spacial score (nSPS) is 20.8. The summed E-state index contributed by atoms with van der Waals surface area (Å²) < 4.78 is 0. The molecule has 3 nitrogen and oxygen atoms in total. The van der Waals surface area contributed by atoms with Crippen molar-refractivity contribution in [2.24, 2.45) is 5.73 Å². The maximum absolute atomic E-state index is 5.87. The van der Waals surface area contributed by atoms with Gasteiger partial charge in [0.2, 0.25) is 0 Å². The van der Waals surface area contributed by atoms with E-state index in [1.807, 2.05) is 0 Å². The number of rotatable bonds is 4. The maximum Gasteiger partial charge on any atom is 0.124 e. The number of piperidine rings is 1. The zero-order valence-electron chi connectivity index (χ0n) is 10.9. The summed E-state index contributed by atoms with van der Waals surface area (Å²) in [5.74, 6) is 0. The highest BCUT2D eigenvalue weighted by atomic mass is 32.1. The molecule has 0 aliphatic carbocycles. The molecule has 1 fully saturated rings. The van der Waals surface area contributed by atoms with Crippen LogP contribution >= 0.6 is 22.7 Å². The van der Waals surface area contributed by atoms with Crippen LogP contribution in [0, 0.1) is 0 Å². The molecule has 2 N–H and O–H groups in total. The molecular weight excluding hydrogens is 274 g/mol. The van der Waals surface area contributed by atoms with Crippen molar-refractivity contribution >= 4 is 22.7 Å². The van der Waals surface area contributed by atoms with E-state index in [-0.39, 0.29) is 0 Å². The number of nitrogens with zero attached hydrogens (tertiary/aromatic N) is 2. The van der Waals surface area contributed by atoms with Crippen LogP contribution in [0.3, 0.4) is 0 Å². The molecule has 5 heteroatoms. The Morgan fingerprint density at radius 1 is 1.37 bits per heavy atom. The van der Waals surface area contributed by atoms with E-state index in [4.69, 9.17) is 10.7 Å². The van der Waals surface area contributed by atoms with Gasteiger partial charge in [0.05, 0.1) is 5.69 Å². The van der Waals surface area contributed by atoms with Gasteiger partial charge in [-0.1, -0.05) is 6.42 Å². The molecular formula is C14H19N3S2. The van der Waals surface area contributed by atoms with Crippen molar-refractivity contribution in [3.63, 3.8) is 0 Å². The van der Waals surface area contributed by atoms with E-state index in [0.29, 0.717) is 6.04 Å². The second-order valence-electron chi connectivity index (χ2n) is 5.01. The Hall–Kier alpha value is -0.750. The van der Waals surface area contributed by atoms with Crippen LogP contribution in [0.4, 0.5) is 0 Å². The first-order valence-corrected chi connectivity index (χ1v) is 8.60. The van der Waals surface area contributed by atoms with Crippen LogP contribution in [-0.2, 0) is 6.54 Å². The van der Waals surface area contributed by atoms with Crippen molar-refractivity contribution in [3.05, 3.63) is 27.9 Å². The van der Waals surface area contributed by atoms with Gasteiger partial charge in [-0.3, -0.25) is 4.90 Å². The van der Waals surface area contributed by atoms with Gasteiger partial charge in [-0.15, -0.1) is 11.3 Å². The van der Waals surface area contributed by atoms with E-state index < -0.39 is 0 Å². The van der Waals surface area contributed by atoms with Gasteiger partial charge in [0, 0.05) is 35.5 Å². The Balaban J connectivity index is 1.69. The van der Waals surface area contributed by atoms with Gasteiger partial charge < -0.3 is 5.73 Å². The Bertz CT molecular complexity index is 507. The predicted molar refractivity (Wildman–Crippen MR) is 82.5 cm³/mol. The number of nitrogens with two attached hydrogens (primary N) is 1. The third-order valence-corrected chi connectivity index (χ3v) is 5.33. The Kier molecular flexibility index (Phi) is 4.28. The number of thiazole rings is 1. The van der Waals surface area contributed by atoms with Gasteiger partial charge in [-0.2, -0.15) is 11.3 Å². The second kappa shape index (κ2) is 6.13. The molecule has 0 radical (unpaired) electrons. The number of hydrogen-bond donors (Lipinski definition) is 1. The van der Waals surface area contributed by atoms with Crippen LogP contribution in [-0.4, -0.2) is 29.0 Å².